The van der Waals surface area contributed by atoms with Crippen LogP contribution in [0.2, 0.25) is 0 Å². The van der Waals surface area contributed by atoms with Crippen molar-refractivity contribution in [3.8, 4) is 5.75 Å². The Bertz CT molecular complexity index is 740. The third-order valence-electron chi connectivity index (χ3n) is 5.24. The Balaban J connectivity index is 2.30. The zero-order chi connectivity index (χ0) is 22.2. The molecule has 0 atom stereocenters. The van der Waals surface area contributed by atoms with Gasteiger partial charge in [-0.2, -0.15) is 8.42 Å². The Morgan fingerprint density at radius 1 is 0.933 bits per heavy atom. The molecule has 0 aliphatic rings. The van der Waals surface area contributed by atoms with Crippen LogP contribution in [-0.4, -0.2) is 18.9 Å². The summed E-state index contributed by atoms with van der Waals surface area (Å²) in [5.41, 5.74) is 0.468. The van der Waals surface area contributed by atoms with Crippen LogP contribution in [0.1, 0.15) is 96.0 Å². The number of hydrogen-bond donors (Lipinski definition) is 1. The van der Waals surface area contributed by atoms with E-state index in [0.29, 0.717) is 12.0 Å². The summed E-state index contributed by atoms with van der Waals surface area (Å²) >= 11 is 0. The Morgan fingerprint density at radius 2 is 1.43 bits per heavy atom. The average molecular weight is 439 g/mol. The minimum Gasteiger partial charge on any atom is -0.423 e. The zero-order valence-corrected chi connectivity index (χ0v) is 19.2. The number of esters is 1. The molecule has 1 N–H and O–H groups in total. The summed E-state index contributed by atoms with van der Waals surface area (Å²) in [5, 5.41) is 0. The van der Waals surface area contributed by atoms with Gasteiger partial charge in [-0.3, -0.25) is 4.55 Å². The van der Waals surface area contributed by atoms with Crippen molar-refractivity contribution in [1.29, 1.82) is 0 Å². The normalized spacial score (nSPS) is 11.4. The molecule has 0 heterocycles. The van der Waals surface area contributed by atoms with Crippen molar-refractivity contribution in [2.24, 2.45) is 0 Å². The minimum absolute atomic E-state index is 0.125. The Labute approximate surface area is 182 Å². The first-order valence-electron chi connectivity index (χ1n) is 11.3. The smallest absolute Gasteiger partial charge is 0.335 e. The molecular weight excluding hydrogens is 400 g/mol. The molecule has 6 heteroatoms. The maximum absolute atomic E-state index is 11.6. The standard InChI is InChI=1S/C24H38O5S/c1-3-5-6-7-8-9-10-11-12-13-14-15-16-17-21-20-22(29-24(25)4-2)18-19-23(21)30(26,27)28/h4,18-20H,2-3,5-17H2,1H3,(H,26,27,28). The van der Waals surface area contributed by atoms with Gasteiger partial charge in [0.2, 0.25) is 0 Å². The number of aryl methyl sites for hydroxylation is 1. The summed E-state index contributed by atoms with van der Waals surface area (Å²) in [6.45, 7) is 5.58. The van der Waals surface area contributed by atoms with E-state index in [4.69, 9.17) is 4.74 Å². The van der Waals surface area contributed by atoms with Crippen LogP contribution >= 0.6 is 0 Å². The highest BCUT2D eigenvalue weighted by Crippen LogP contribution is 2.24. The molecule has 1 aromatic carbocycles. The molecule has 0 unspecified atom stereocenters. The second-order valence-corrected chi connectivity index (χ2v) is 9.25. The number of rotatable bonds is 17. The van der Waals surface area contributed by atoms with Crippen LogP contribution in [-0.2, 0) is 21.3 Å². The first-order valence-corrected chi connectivity index (χ1v) is 12.8. The van der Waals surface area contributed by atoms with Gasteiger partial charge in [0.25, 0.3) is 10.1 Å². The van der Waals surface area contributed by atoms with Gasteiger partial charge in [-0.15, -0.1) is 0 Å². The van der Waals surface area contributed by atoms with E-state index in [9.17, 15) is 17.8 Å². The van der Waals surface area contributed by atoms with Gasteiger partial charge in [-0.25, -0.2) is 4.79 Å². The monoisotopic (exact) mass is 438 g/mol. The number of ether oxygens (including phenoxy) is 1. The van der Waals surface area contributed by atoms with Crippen molar-refractivity contribution in [3.05, 3.63) is 36.4 Å². The van der Waals surface area contributed by atoms with Gasteiger partial charge in [0, 0.05) is 6.08 Å². The molecule has 0 saturated carbocycles. The summed E-state index contributed by atoms with van der Waals surface area (Å²) in [6, 6.07) is 4.14. The van der Waals surface area contributed by atoms with Crippen molar-refractivity contribution < 1.29 is 22.5 Å². The quantitative estimate of drug-likeness (QED) is 0.0967. The van der Waals surface area contributed by atoms with Crippen LogP contribution in [0.15, 0.2) is 35.7 Å². The highest BCUT2D eigenvalue weighted by Gasteiger charge is 2.16. The van der Waals surface area contributed by atoms with E-state index in [1.807, 2.05) is 0 Å². The van der Waals surface area contributed by atoms with Gasteiger partial charge < -0.3 is 4.74 Å². The maximum Gasteiger partial charge on any atom is 0.335 e. The summed E-state index contributed by atoms with van der Waals surface area (Å²) < 4.78 is 37.7. The molecule has 0 aliphatic heterocycles. The largest absolute Gasteiger partial charge is 0.423 e. The van der Waals surface area contributed by atoms with E-state index in [0.717, 1.165) is 25.3 Å². The van der Waals surface area contributed by atoms with E-state index in [1.165, 1.54) is 82.4 Å². The molecular formula is C24H38O5S. The highest BCUT2D eigenvalue weighted by atomic mass is 32.2. The third kappa shape index (κ3) is 11.5. The second kappa shape index (κ2) is 15.2. The predicted octanol–water partition coefficient (Wildman–Crippen LogP) is 6.66. The zero-order valence-electron chi connectivity index (χ0n) is 18.4. The lowest BCUT2D eigenvalue weighted by Gasteiger charge is -2.10. The lowest BCUT2D eigenvalue weighted by Crippen LogP contribution is -2.07. The number of carbonyl (C=O) groups is 1. The number of unbranched alkanes of at least 4 members (excludes halogenated alkanes) is 12. The molecule has 0 fully saturated rings. The van der Waals surface area contributed by atoms with E-state index >= 15 is 0 Å². The molecule has 0 amide bonds. The SMILES string of the molecule is C=CC(=O)Oc1ccc(S(=O)(=O)O)c(CCCCCCCCCCCCCCC)c1. The minimum atomic E-state index is -4.31. The third-order valence-corrected chi connectivity index (χ3v) is 6.20. The number of carbonyl (C=O) groups excluding carboxylic acids is 1. The van der Waals surface area contributed by atoms with Gasteiger partial charge in [-0.05, 0) is 36.6 Å². The summed E-state index contributed by atoms with van der Waals surface area (Å²) in [7, 11) is -4.31. The average Bonchev–Trinajstić information content (AvgIpc) is 2.70. The summed E-state index contributed by atoms with van der Waals surface area (Å²) in [4.78, 5) is 11.2. The van der Waals surface area contributed by atoms with Crippen LogP contribution in [0.3, 0.4) is 0 Å². The first kappa shape index (κ1) is 26.4. The van der Waals surface area contributed by atoms with Crippen molar-refractivity contribution in [1.82, 2.24) is 0 Å². The van der Waals surface area contributed by atoms with Crippen molar-refractivity contribution >= 4 is 16.1 Å². The molecule has 0 aliphatic carbocycles. The second-order valence-electron chi connectivity index (χ2n) is 7.86. The van der Waals surface area contributed by atoms with Crippen LogP contribution in [0.4, 0.5) is 0 Å². The molecule has 0 aromatic heterocycles. The molecule has 0 bridgehead atoms. The molecule has 5 nitrogen and oxygen atoms in total. The molecule has 30 heavy (non-hydrogen) atoms. The topological polar surface area (TPSA) is 80.7 Å². The maximum atomic E-state index is 11.6. The number of benzene rings is 1. The van der Waals surface area contributed by atoms with E-state index < -0.39 is 16.1 Å². The van der Waals surface area contributed by atoms with Gasteiger partial charge in [0.15, 0.2) is 0 Å². The fraction of sp³-hybridized carbons (Fsp3) is 0.625. The van der Waals surface area contributed by atoms with Crippen molar-refractivity contribution in [3.63, 3.8) is 0 Å². The Hall–Kier alpha value is -1.66. The fourth-order valence-electron chi connectivity index (χ4n) is 3.56. The fourth-order valence-corrected chi connectivity index (χ4v) is 4.29. The predicted molar refractivity (Wildman–Crippen MR) is 121 cm³/mol. The molecule has 0 radical (unpaired) electrons. The van der Waals surface area contributed by atoms with Crippen molar-refractivity contribution in [2.75, 3.05) is 0 Å². The van der Waals surface area contributed by atoms with Crippen LogP contribution < -0.4 is 4.74 Å². The van der Waals surface area contributed by atoms with Crippen LogP contribution in [0.25, 0.3) is 0 Å². The molecule has 170 valence electrons. The lowest BCUT2D eigenvalue weighted by atomic mass is 10.0. The van der Waals surface area contributed by atoms with Gasteiger partial charge in [0.05, 0.1) is 4.90 Å². The van der Waals surface area contributed by atoms with E-state index in [1.54, 1.807) is 0 Å². The van der Waals surface area contributed by atoms with Crippen LogP contribution in [0.5, 0.6) is 5.75 Å². The van der Waals surface area contributed by atoms with Crippen molar-refractivity contribution in [2.45, 2.75) is 102 Å². The lowest BCUT2D eigenvalue weighted by molar-refractivity contribution is -0.128. The summed E-state index contributed by atoms with van der Waals surface area (Å²) in [5.74, 6) is -0.362. The number of hydrogen-bond acceptors (Lipinski definition) is 4. The van der Waals surface area contributed by atoms with Gasteiger partial charge in [-0.1, -0.05) is 90.6 Å². The van der Waals surface area contributed by atoms with Gasteiger partial charge >= 0.3 is 5.97 Å². The Kier molecular flexibility index (Phi) is 13.4. The van der Waals surface area contributed by atoms with E-state index in [-0.39, 0.29) is 10.6 Å². The highest BCUT2D eigenvalue weighted by molar-refractivity contribution is 7.85. The van der Waals surface area contributed by atoms with Gasteiger partial charge in [0.1, 0.15) is 5.75 Å². The molecule has 0 spiro atoms. The molecule has 1 aromatic rings. The Morgan fingerprint density at radius 3 is 1.90 bits per heavy atom. The molecule has 0 saturated heterocycles. The first-order chi connectivity index (χ1) is 14.4. The summed E-state index contributed by atoms with van der Waals surface area (Å²) in [6.07, 6.45) is 17.6. The van der Waals surface area contributed by atoms with E-state index in [2.05, 4.69) is 13.5 Å². The van der Waals surface area contributed by atoms with Crippen LogP contribution in [0, 0.1) is 0 Å². The molecule has 1 rings (SSSR count).